The smallest absolute Gasteiger partial charge is 0.266 e. The third kappa shape index (κ3) is 2.98. The lowest BCUT2D eigenvalue weighted by molar-refractivity contribution is 0.0753. The summed E-state index contributed by atoms with van der Waals surface area (Å²) in [5.41, 5.74) is 1.90. The van der Waals surface area contributed by atoms with E-state index in [2.05, 4.69) is 4.98 Å². The minimum absolute atomic E-state index is 0.0144. The van der Waals surface area contributed by atoms with Crippen molar-refractivity contribution in [2.75, 3.05) is 13.7 Å². The summed E-state index contributed by atoms with van der Waals surface area (Å²) in [4.78, 5) is 19.6. The zero-order chi connectivity index (χ0) is 15.5. The van der Waals surface area contributed by atoms with Crippen molar-refractivity contribution in [2.45, 2.75) is 26.0 Å². The van der Waals surface area contributed by atoms with Gasteiger partial charge < -0.3 is 14.7 Å². The molecule has 22 heavy (non-hydrogen) atoms. The van der Waals surface area contributed by atoms with E-state index in [1.165, 1.54) is 11.3 Å². The molecule has 2 aromatic rings. The summed E-state index contributed by atoms with van der Waals surface area (Å²) >= 11 is 1.30. The molecule has 1 N–H and O–H groups in total. The Kier molecular flexibility index (Phi) is 4.40. The van der Waals surface area contributed by atoms with Gasteiger partial charge in [-0.2, -0.15) is 0 Å². The van der Waals surface area contributed by atoms with Gasteiger partial charge in [0.25, 0.3) is 5.91 Å². The fraction of sp³-hybridized carbons (Fsp3) is 0.375. The molecule has 0 fully saturated rings. The van der Waals surface area contributed by atoms with Crippen molar-refractivity contribution in [3.8, 4) is 5.75 Å². The SMILES string of the molecule is COc1ccc(CN2CCCc3nc(CO)sc3C2=O)cc1. The van der Waals surface area contributed by atoms with Crippen LogP contribution in [-0.4, -0.2) is 34.6 Å². The van der Waals surface area contributed by atoms with E-state index in [0.717, 1.165) is 36.4 Å². The summed E-state index contributed by atoms with van der Waals surface area (Å²) in [6.45, 7) is 1.19. The second kappa shape index (κ2) is 6.46. The highest BCUT2D eigenvalue weighted by molar-refractivity contribution is 7.13. The summed E-state index contributed by atoms with van der Waals surface area (Å²) in [6, 6.07) is 7.76. The van der Waals surface area contributed by atoms with Crippen molar-refractivity contribution in [3.63, 3.8) is 0 Å². The molecule has 1 aromatic carbocycles. The van der Waals surface area contributed by atoms with Gasteiger partial charge in [0.1, 0.15) is 15.6 Å². The lowest BCUT2D eigenvalue weighted by atomic mass is 10.2. The van der Waals surface area contributed by atoms with Crippen LogP contribution in [0.3, 0.4) is 0 Å². The second-order valence-electron chi connectivity index (χ2n) is 5.22. The van der Waals surface area contributed by atoms with Gasteiger partial charge in [0.15, 0.2) is 0 Å². The number of rotatable bonds is 4. The molecule has 0 saturated heterocycles. The lowest BCUT2D eigenvalue weighted by Crippen LogP contribution is -2.29. The molecule has 0 saturated carbocycles. The molecular formula is C16H18N2O3S. The first-order valence-electron chi connectivity index (χ1n) is 7.23. The molecule has 3 rings (SSSR count). The predicted molar refractivity (Wildman–Crippen MR) is 84.1 cm³/mol. The number of aromatic nitrogens is 1. The fourth-order valence-electron chi connectivity index (χ4n) is 2.59. The van der Waals surface area contributed by atoms with E-state index in [1.807, 2.05) is 29.2 Å². The quantitative estimate of drug-likeness (QED) is 0.939. The monoisotopic (exact) mass is 318 g/mol. The first-order chi connectivity index (χ1) is 10.7. The summed E-state index contributed by atoms with van der Waals surface area (Å²) in [6.07, 6.45) is 1.68. The Labute approximate surface area is 133 Å². The van der Waals surface area contributed by atoms with E-state index >= 15 is 0 Å². The zero-order valence-electron chi connectivity index (χ0n) is 12.4. The van der Waals surface area contributed by atoms with E-state index in [-0.39, 0.29) is 12.5 Å². The normalized spacial score (nSPS) is 14.6. The van der Waals surface area contributed by atoms with Crippen molar-refractivity contribution in [1.82, 2.24) is 9.88 Å². The molecule has 1 aliphatic heterocycles. The maximum atomic E-state index is 12.7. The number of hydrogen-bond donors (Lipinski definition) is 1. The van der Waals surface area contributed by atoms with E-state index in [9.17, 15) is 9.90 Å². The number of thiazole rings is 1. The van der Waals surface area contributed by atoms with Crippen LogP contribution in [0.25, 0.3) is 0 Å². The number of carbonyl (C=O) groups excluding carboxylic acids is 1. The molecule has 6 heteroatoms. The van der Waals surface area contributed by atoms with Gasteiger partial charge in [-0.05, 0) is 30.5 Å². The number of carbonyl (C=O) groups is 1. The van der Waals surface area contributed by atoms with Crippen LogP contribution in [0.1, 0.15) is 32.4 Å². The highest BCUT2D eigenvalue weighted by atomic mass is 32.1. The van der Waals surface area contributed by atoms with Crippen LogP contribution >= 0.6 is 11.3 Å². The lowest BCUT2D eigenvalue weighted by Gasteiger charge is -2.20. The highest BCUT2D eigenvalue weighted by Gasteiger charge is 2.26. The van der Waals surface area contributed by atoms with Crippen molar-refractivity contribution < 1.29 is 14.6 Å². The average Bonchev–Trinajstić information content (AvgIpc) is 2.91. The van der Waals surface area contributed by atoms with Crippen molar-refractivity contribution >= 4 is 17.2 Å². The number of ether oxygens (including phenoxy) is 1. The number of nitrogens with zero attached hydrogens (tertiary/aromatic N) is 2. The molecular weight excluding hydrogens is 300 g/mol. The third-order valence-electron chi connectivity index (χ3n) is 3.73. The number of aliphatic hydroxyl groups excluding tert-OH is 1. The predicted octanol–water partition coefficient (Wildman–Crippen LogP) is 2.23. The molecule has 0 aliphatic carbocycles. The summed E-state index contributed by atoms with van der Waals surface area (Å²) in [5, 5.41) is 9.82. The van der Waals surface area contributed by atoms with Gasteiger partial charge >= 0.3 is 0 Å². The van der Waals surface area contributed by atoms with Crippen molar-refractivity contribution in [2.24, 2.45) is 0 Å². The van der Waals surface area contributed by atoms with Crippen LogP contribution in [0.15, 0.2) is 24.3 Å². The number of amides is 1. The highest BCUT2D eigenvalue weighted by Crippen LogP contribution is 2.26. The first-order valence-corrected chi connectivity index (χ1v) is 8.04. The molecule has 5 nitrogen and oxygen atoms in total. The Bertz CT molecular complexity index is 667. The molecule has 0 radical (unpaired) electrons. The zero-order valence-corrected chi connectivity index (χ0v) is 13.2. The van der Waals surface area contributed by atoms with E-state index < -0.39 is 0 Å². The largest absolute Gasteiger partial charge is 0.497 e. The molecule has 116 valence electrons. The van der Waals surface area contributed by atoms with Crippen LogP contribution in [0.2, 0.25) is 0 Å². The van der Waals surface area contributed by atoms with Crippen LogP contribution in [0.5, 0.6) is 5.75 Å². The number of hydrogen-bond acceptors (Lipinski definition) is 5. The Morgan fingerprint density at radius 1 is 1.36 bits per heavy atom. The van der Waals surface area contributed by atoms with Crippen LogP contribution < -0.4 is 4.74 Å². The Hall–Kier alpha value is -1.92. The van der Waals surface area contributed by atoms with Gasteiger partial charge in [0.05, 0.1) is 19.4 Å². The van der Waals surface area contributed by atoms with Gasteiger partial charge in [-0.1, -0.05) is 12.1 Å². The number of fused-ring (bicyclic) bond motifs is 1. The standard InChI is InChI=1S/C16H18N2O3S/c1-21-12-6-4-11(5-7-12)9-18-8-2-3-13-15(16(18)20)22-14(10-19)17-13/h4-7,19H,2-3,8-10H2,1H3. The average molecular weight is 318 g/mol. The first kappa shape index (κ1) is 15.0. The van der Waals surface area contributed by atoms with Gasteiger partial charge in [-0.3, -0.25) is 4.79 Å². The fourth-order valence-corrected chi connectivity index (χ4v) is 3.53. The van der Waals surface area contributed by atoms with Crippen molar-refractivity contribution in [1.29, 1.82) is 0 Å². The third-order valence-corrected chi connectivity index (χ3v) is 4.80. The van der Waals surface area contributed by atoms with E-state index in [0.29, 0.717) is 16.4 Å². The Balaban J connectivity index is 1.79. The van der Waals surface area contributed by atoms with Crippen LogP contribution in [0.4, 0.5) is 0 Å². The van der Waals surface area contributed by atoms with Gasteiger partial charge in [0, 0.05) is 13.1 Å². The molecule has 0 spiro atoms. The van der Waals surface area contributed by atoms with Crippen LogP contribution in [0, 0.1) is 0 Å². The summed E-state index contributed by atoms with van der Waals surface area (Å²) < 4.78 is 5.15. The second-order valence-corrected chi connectivity index (χ2v) is 6.30. The number of methoxy groups -OCH3 is 1. The van der Waals surface area contributed by atoms with E-state index in [4.69, 9.17) is 4.74 Å². The molecule has 0 bridgehead atoms. The van der Waals surface area contributed by atoms with E-state index in [1.54, 1.807) is 7.11 Å². The molecule has 0 unspecified atom stereocenters. The van der Waals surface area contributed by atoms with Crippen molar-refractivity contribution in [3.05, 3.63) is 45.4 Å². The Morgan fingerprint density at radius 3 is 2.82 bits per heavy atom. The maximum absolute atomic E-state index is 12.7. The minimum Gasteiger partial charge on any atom is -0.497 e. The van der Waals surface area contributed by atoms with Gasteiger partial charge in [0.2, 0.25) is 0 Å². The molecule has 2 heterocycles. The maximum Gasteiger partial charge on any atom is 0.266 e. The van der Waals surface area contributed by atoms with Crippen LogP contribution in [-0.2, 0) is 19.6 Å². The topological polar surface area (TPSA) is 62.7 Å². The molecule has 1 amide bonds. The molecule has 1 aromatic heterocycles. The number of aryl methyl sites for hydroxylation is 1. The number of aliphatic hydroxyl groups is 1. The molecule has 1 aliphatic rings. The number of benzene rings is 1. The van der Waals surface area contributed by atoms with Gasteiger partial charge in [-0.15, -0.1) is 11.3 Å². The summed E-state index contributed by atoms with van der Waals surface area (Å²) in [7, 11) is 1.64. The Morgan fingerprint density at radius 2 is 2.14 bits per heavy atom. The minimum atomic E-state index is -0.108. The van der Waals surface area contributed by atoms with Gasteiger partial charge in [-0.25, -0.2) is 4.98 Å². The molecule has 0 atom stereocenters. The summed E-state index contributed by atoms with van der Waals surface area (Å²) in [5.74, 6) is 0.823.